The van der Waals surface area contributed by atoms with Crippen LogP contribution in [0.3, 0.4) is 0 Å². The van der Waals surface area contributed by atoms with Gasteiger partial charge in [-0.1, -0.05) is 19.3 Å². The summed E-state index contributed by atoms with van der Waals surface area (Å²) in [6.45, 7) is 3.20. The van der Waals surface area contributed by atoms with Crippen molar-refractivity contribution in [3.8, 4) is 0 Å². The third-order valence-electron chi connectivity index (χ3n) is 4.33. The second kappa shape index (κ2) is 9.32. The van der Waals surface area contributed by atoms with Gasteiger partial charge >= 0.3 is 0 Å². The van der Waals surface area contributed by atoms with Crippen LogP contribution >= 0.6 is 0 Å². The Balaban J connectivity index is 2.21. The van der Waals surface area contributed by atoms with Crippen molar-refractivity contribution >= 4 is 5.91 Å². The molecule has 0 aromatic heterocycles. The van der Waals surface area contributed by atoms with Crippen molar-refractivity contribution in [3.05, 3.63) is 0 Å². The molecule has 5 heteroatoms. The number of nitrogens with one attached hydrogen (secondary N) is 2. The van der Waals surface area contributed by atoms with Gasteiger partial charge in [-0.05, 0) is 26.9 Å². The Bertz CT molecular complexity index is 278. The number of hydrogen-bond acceptors (Lipinski definition) is 4. The van der Waals surface area contributed by atoms with Gasteiger partial charge in [0.15, 0.2) is 0 Å². The summed E-state index contributed by atoms with van der Waals surface area (Å²) >= 11 is 0. The standard InChI is InChI=1S/C15H31N3O2/c1-16-15(7-5-4-6-8-15)13-14(19)17-9-10-18(2)11-12-20-3/h16H,4-13H2,1-3H3,(H,17,19). The highest BCUT2D eigenvalue weighted by Gasteiger charge is 2.32. The van der Waals surface area contributed by atoms with E-state index in [0.717, 1.165) is 32.5 Å². The highest BCUT2D eigenvalue weighted by atomic mass is 16.5. The molecule has 0 spiro atoms. The number of carbonyl (C=O) groups is 1. The molecule has 0 aromatic carbocycles. The first-order chi connectivity index (χ1) is 9.62. The SMILES string of the molecule is CNC1(CC(=O)NCCN(C)CCOC)CCCCC1. The summed E-state index contributed by atoms with van der Waals surface area (Å²) in [7, 11) is 5.73. The minimum absolute atomic E-state index is 0.0320. The molecule has 1 amide bonds. The molecule has 0 aromatic rings. The molecule has 1 saturated carbocycles. The predicted molar refractivity (Wildman–Crippen MR) is 81.9 cm³/mol. The molecule has 1 aliphatic carbocycles. The van der Waals surface area contributed by atoms with Crippen LogP contribution in [0.25, 0.3) is 0 Å². The van der Waals surface area contributed by atoms with E-state index in [9.17, 15) is 4.79 Å². The Morgan fingerprint density at radius 3 is 2.55 bits per heavy atom. The fourth-order valence-electron chi connectivity index (χ4n) is 2.86. The maximum atomic E-state index is 12.1. The molecule has 0 heterocycles. The fraction of sp³-hybridized carbons (Fsp3) is 0.933. The minimum atomic E-state index is 0.0320. The maximum Gasteiger partial charge on any atom is 0.221 e. The number of ether oxygens (including phenoxy) is 1. The second-order valence-electron chi connectivity index (χ2n) is 5.91. The van der Waals surface area contributed by atoms with Crippen molar-refractivity contribution in [3.63, 3.8) is 0 Å². The molecule has 118 valence electrons. The van der Waals surface area contributed by atoms with Gasteiger partial charge in [-0.15, -0.1) is 0 Å². The molecule has 1 aliphatic rings. The summed E-state index contributed by atoms with van der Waals surface area (Å²) in [5, 5.41) is 6.42. The summed E-state index contributed by atoms with van der Waals surface area (Å²) in [6, 6.07) is 0. The fourth-order valence-corrected chi connectivity index (χ4v) is 2.86. The van der Waals surface area contributed by atoms with E-state index < -0.39 is 0 Å². The molecule has 2 N–H and O–H groups in total. The smallest absolute Gasteiger partial charge is 0.221 e. The number of amides is 1. The van der Waals surface area contributed by atoms with Crippen LogP contribution in [-0.4, -0.2) is 63.8 Å². The predicted octanol–water partition coefficient (Wildman–Crippen LogP) is 0.993. The van der Waals surface area contributed by atoms with Gasteiger partial charge in [0.1, 0.15) is 0 Å². The number of rotatable bonds is 9. The molecule has 0 atom stereocenters. The molecule has 0 radical (unpaired) electrons. The first-order valence-corrected chi connectivity index (χ1v) is 7.75. The summed E-state index contributed by atoms with van der Waals surface area (Å²) in [5.41, 5.74) is 0.0320. The van der Waals surface area contributed by atoms with Gasteiger partial charge < -0.3 is 20.3 Å². The maximum absolute atomic E-state index is 12.1. The normalized spacial score (nSPS) is 18.2. The summed E-state index contributed by atoms with van der Waals surface area (Å²) in [4.78, 5) is 14.2. The Kier molecular flexibility index (Phi) is 8.11. The molecular weight excluding hydrogens is 254 g/mol. The van der Waals surface area contributed by atoms with Crippen LogP contribution in [0.2, 0.25) is 0 Å². The summed E-state index contributed by atoms with van der Waals surface area (Å²) in [6.07, 6.45) is 6.59. The highest BCUT2D eigenvalue weighted by molar-refractivity contribution is 5.77. The second-order valence-corrected chi connectivity index (χ2v) is 5.91. The van der Waals surface area contributed by atoms with E-state index in [2.05, 4.69) is 15.5 Å². The first kappa shape index (κ1) is 17.4. The van der Waals surface area contributed by atoms with Crippen molar-refractivity contribution in [2.45, 2.75) is 44.1 Å². The Labute approximate surface area is 123 Å². The van der Waals surface area contributed by atoms with Gasteiger partial charge in [0.2, 0.25) is 5.91 Å². The van der Waals surface area contributed by atoms with Gasteiger partial charge in [-0.3, -0.25) is 4.79 Å². The number of carbonyl (C=O) groups excluding carboxylic acids is 1. The molecule has 5 nitrogen and oxygen atoms in total. The zero-order valence-corrected chi connectivity index (χ0v) is 13.3. The first-order valence-electron chi connectivity index (χ1n) is 7.75. The van der Waals surface area contributed by atoms with Crippen LogP contribution in [-0.2, 0) is 9.53 Å². The van der Waals surface area contributed by atoms with Gasteiger partial charge in [-0.2, -0.15) is 0 Å². The molecular formula is C15H31N3O2. The zero-order chi connectivity index (χ0) is 14.8. The van der Waals surface area contributed by atoms with Gasteiger partial charge in [0.25, 0.3) is 0 Å². The zero-order valence-electron chi connectivity index (χ0n) is 13.3. The number of likely N-dealkylation sites (N-methyl/N-ethyl adjacent to an activating group) is 1. The Hall–Kier alpha value is -0.650. The number of nitrogens with zero attached hydrogens (tertiary/aromatic N) is 1. The van der Waals surface area contributed by atoms with Crippen molar-refractivity contribution in [2.75, 3.05) is 47.4 Å². The molecule has 20 heavy (non-hydrogen) atoms. The van der Waals surface area contributed by atoms with E-state index in [-0.39, 0.29) is 11.4 Å². The number of methoxy groups -OCH3 is 1. The average Bonchev–Trinajstić information content (AvgIpc) is 2.46. The van der Waals surface area contributed by atoms with E-state index >= 15 is 0 Å². The third kappa shape index (κ3) is 6.20. The van der Waals surface area contributed by atoms with Crippen LogP contribution in [0, 0.1) is 0 Å². The Morgan fingerprint density at radius 2 is 1.95 bits per heavy atom. The topological polar surface area (TPSA) is 53.6 Å². The van der Waals surface area contributed by atoms with E-state index in [1.165, 1.54) is 19.3 Å². The molecule has 0 aliphatic heterocycles. The highest BCUT2D eigenvalue weighted by Crippen LogP contribution is 2.30. The summed E-state index contributed by atoms with van der Waals surface area (Å²) < 4.78 is 5.03. The van der Waals surface area contributed by atoms with Crippen molar-refractivity contribution in [1.82, 2.24) is 15.5 Å². The van der Waals surface area contributed by atoms with Crippen LogP contribution in [0.5, 0.6) is 0 Å². The minimum Gasteiger partial charge on any atom is -0.383 e. The van der Waals surface area contributed by atoms with E-state index in [1.807, 2.05) is 14.1 Å². The molecule has 1 rings (SSSR count). The molecule has 1 fully saturated rings. The lowest BCUT2D eigenvalue weighted by atomic mass is 9.79. The van der Waals surface area contributed by atoms with Gasteiger partial charge in [-0.25, -0.2) is 0 Å². The van der Waals surface area contributed by atoms with Gasteiger partial charge in [0, 0.05) is 38.7 Å². The van der Waals surface area contributed by atoms with Crippen LogP contribution in [0.4, 0.5) is 0 Å². The molecule has 0 bridgehead atoms. The van der Waals surface area contributed by atoms with Gasteiger partial charge in [0.05, 0.1) is 6.61 Å². The van der Waals surface area contributed by atoms with Crippen molar-refractivity contribution in [2.24, 2.45) is 0 Å². The Morgan fingerprint density at radius 1 is 1.25 bits per heavy atom. The van der Waals surface area contributed by atoms with E-state index in [0.29, 0.717) is 13.0 Å². The average molecular weight is 285 g/mol. The molecule has 0 saturated heterocycles. The lowest BCUT2D eigenvalue weighted by Gasteiger charge is -2.36. The van der Waals surface area contributed by atoms with Crippen molar-refractivity contribution < 1.29 is 9.53 Å². The van der Waals surface area contributed by atoms with Crippen LogP contribution in [0.15, 0.2) is 0 Å². The summed E-state index contributed by atoms with van der Waals surface area (Å²) in [5.74, 6) is 0.168. The van der Waals surface area contributed by atoms with E-state index in [1.54, 1.807) is 7.11 Å². The lowest BCUT2D eigenvalue weighted by Crippen LogP contribution is -2.48. The van der Waals surface area contributed by atoms with E-state index in [4.69, 9.17) is 4.74 Å². The number of hydrogen-bond donors (Lipinski definition) is 2. The third-order valence-corrected chi connectivity index (χ3v) is 4.33. The van der Waals surface area contributed by atoms with Crippen molar-refractivity contribution in [1.29, 1.82) is 0 Å². The largest absolute Gasteiger partial charge is 0.383 e. The van der Waals surface area contributed by atoms with Crippen LogP contribution < -0.4 is 10.6 Å². The monoisotopic (exact) mass is 285 g/mol. The quantitative estimate of drug-likeness (QED) is 0.663. The lowest BCUT2D eigenvalue weighted by molar-refractivity contribution is -0.122. The van der Waals surface area contributed by atoms with Crippen LogP contribution in [0.1, 0.15) is 38.5 Å². The molecule has 0 unspecified atom stereocenters.